The normalized spacial score (nSPS) is 31.7. The fourth-order valence-electron chi connectivity index (χ4n) is 6.82. The number of aliphatic hydroxyl groups is 2. The first-order chi connectivity index (χ1) is 17.2. The van der Waals surface area contributed by atoms with Crippen molar-refractivity contribution in [2.24, 2.45) is 10.8 Å². The third kappa shape index (κ3) is 4.89. The Bertz CT molecular complexity index is 1170. The maximum Gasteiger partial charge on any atom is 0.214 e. The van der Waals surface area contributed by atoms with Crippen LogP contribution in [-0.4, -0.2) is 77.8 Å². The van der Waals surface area contributed by atoms with E-state index in [1.165, 1.54) is 4.31 Å². The number of β-amino-alcohol motifs (C(OH)–C–C–N with tert-alkyl or cyclic N) is 1. The summed E-state index contributed by atoms with van der Waals surface area (Å²) in [7, 11) is -3.45. The van der Waals surface area contributed by atoms with Crippen LogP contribution in [0.3, 0.4) is 0 Å². The third-order valence-electron chi connectivity index (χ3n) is 8.40. The van der Waals surface area contributed by atoms with E-state index in [1.54, 1.807) is 0 Å². The minimum absolute atomic E-state index is 0.0242. The van der Waals surface area contributed by atoms with Gasteiger partial charge in [-0.25, -0.2) is 8.42 Å². The molecule has 0 radical (unpaired) electrons. The van der Waals surface area contributed by atoms with Crippen LogP contribution in [0.1, 0.15) is 36.8 Å². The van der Waals surface area contributed by atoms with Gasteiger partial charge < -0.3 is 10.2 Å². The number of hydrogen-bond acceptors (Lipinski definition) is 6. The number of aliphatic hydroxyl groups excluding tert-OH is 2. The molecule has 5 rings (SSSR count). The van der Waals surface area contributed by atoms with Crippen molar-refractivity contribution in [3.63, 3.8) is 0 Å². The molecule has 2 aromatic rings. The van der Waals surface area contributed by atoms with Gasteiger partial charge in [-0.15, -0.1) is 0 Å². The molecule has 2 saturated heterocycles. The van der Waals surface area contributed by atoms with Crippen LogP contribution in [0.5, 0.6) is 0 Å². The Morgan fingerprint density at radius 1 is 0.944 bits per heavy atom. The van der Waals surface area contributed by atoms with Crippen LogP contribution in [0.2, 0.25) is 0 Å². The van der Waals surface area contributed by atoms with Gasteiger partial charge in [-0.2, -0.15) is 4.31 Å². The standard InChI is InChI=1S/C28H36N2O5S/c31-24-16-27(15-22-9-3-1-4-10-22)20-29(18-23-11-5-2-6-12-23)21-28(17-24,26(27)33)25(32)19-30-13-7-8-14-36(30,34)35/h1-6,9-12,25-26,32-33H,7-8,13-21H2/t25?,26?,27-,28+/m1/s1. The summed E-state index contributed by atoms with van der Waals surface area (Å²) in [5, 5.41) is 23.6. The molecule has 2 aromatic carbocycles. The molecule has 2 unspecified atom stereocenters. The summed E-state index contributed by atoms with van der Waals surface area (Å²) in [5.74, 6) is 0.0999. The number of piperidine rings is 1. The van der Waals surface area contributed by atoms with Crippen molar-refractivity contribution in [1.29, 1.82) is 0 Å². The summed E-state index contributed by atoms with van der Waals surface area (Å²) in [6.07, 6.45) is 0.0825. The molecule has 0 amide bonds. The fraction of sp³-hybridized carbons (Fsp3) is 0.536. The van der Waals surface area contributed by atoms with E-state index in [2.05, 4.69) is 17.0 Å². The number of rotatable bonds is 7. The predicted octanol–water partition coefficient (Wildman–Crippen LogP) is 2.23. The largest absolute Gasteiger partial charge is 0.392 e. The van der Waals surface area contributed by atoms with Crippen molar-refractivity contribution in [2.75, 3.05) is 31.9 Å². The number of hydrogen-bond donors (Lipinski definition) is 2. The van der Waals surface area contributed by atoms with Gasteiger partial charge in [0, 0.05) is 56.4 Å². The van der Waals surface area contributed by atoms with Crippen molar-refractivity contribution in [1.82, 2.24) is 9.21 Å². The average molecular weight is 513 g/mol. The van der Waals surface area contributed by atoms with E-state index in [0.717, 1.165) is 17.5 Å². The molecule has 2 heterocycles. The molecule has 3 aliphatic rings. The second kappa shape index (κ2) is 9.99. The van der Waals surface area contributed by atoms with Gasteiger partial charge in [0.05, 0.1) is 18.0 Å². The lowest BCUT2D eigenvalue weighted by Gasteiger charge is -2.60. The molecule has 4 atom stereocenters. The van der Waals surface area contributed by atoms with E-state index in [0.29, 0.717) is 39.0 Å². The molecule has 2 aliphatic heterocycles. The third-order valence-corrected chi connectivity index (χ3v) is 10.3. The zero-order valence-corrected chi connectivity index (χ0v) is 21.4. The number of ketones is 1. The number of likely N-dealkylation sites (tertiary alicyclic amines) is 1. The highest BCUT2D eigenvalue weighted by atomic mass is 32.2. The predicted molar refractivity (Wildman–Crippen MR) is 138 cm³/mol. The number of carbonyl (C=O) groups is 1. The first-order valence-electron chi connectivity index (χ1n) is 12.9. The van der Waals surface area contributed by atoms with E-state index in [4.69, 9.17) is 0 Å². The second-order valence-corrected chi connectivity index (χ2v) is 13.2. The van der Waals surface area contributed by atoms with Crippen molar-refractivity contribution in [3.8, 4) is 0 Å². The quantitative estimate of drug-likeness (QED) is 0.591. The SMILES string of the molecule is O=C1C[C@]2(Cc3ccccc3)CN(Cc3ccccc3)C[C@](C(O)CN3CCCCS3(=O)=O)(C1)C2O. The molecule has 2 bridgehead atoms. The lowest BCUT2D eigenvalue weighted by atomic mass is 9.53. The van der Waals surface area contributed by atoms with Gasteiger partial charge >= 0.3 is 0 Å². The van der Waals surface area contributed by atoms with Crippen molar-refractivity contribution < 1.29 is 23.4 Å². The highest BCUT2D eigenvalue weighted by Crippen LogP contribution is 2.53. The molecule has 3 fully saturated rings. The Balaban J connectivity index is 1.51. The van der Waals surface area contributed by atoms with Crippen LogP contribution in [0, 0.1) is 10.8 Å². The summed E-state index contributed by atoms with van der Waals surface area (Å²) >= 11 is 0. The number of benzene rings is 2. The van der Waals surface area contributed by atoms with E-state index in [9.17, 15) is 23.4 Å². The lowest BCUT2D eigenvalue weighted by molar-refractivity contribution is -0.206. The van der Waals surface area contributed by atoms with Crippen molar-refractivity contribution >= 4 is 15.8 Å². The Morgan fingerprint density at radius 3 is 2.28 bits per heavy atom. The molecule has 0 aromatic heterocycles. The Hall–Kier alpha value is -2.10. The molecular weight excluding hydrogens is 476 g/mol. The summed E-state index contributed by atoms with van der Waals surface area (Å²) < 4.78 is 26.8. The monoisotopic (exact) mass is 512 g/mol. The van der Waals surface area contributed by atoms with Gasteiger partial charge in [-0.3, -0.25) is 9.69 Å². The Kier molecular flexibility index (Phi) is 7.09. The minimum atomic E-state index is -3.45. The number of fused-ring (bicyclic) bond motifs is 2. The zero-order valence-electron chi connectivity index (χ0n) is 20.6. The van der Waals surface area contributed by atoms with E-state index in [-0.39, 0.29) is 30.9 Å². The molecule has 2 N–H and O–H groups in total. The topological polar surface area (TPSA) is 98.2 Å². The van der Waals surface area contributed by atoms with Gasteiger partial charge in [-0.1, -0.05) is 60.7 Å². The maximum atomic E-state index is 13.2. The van der Waals surface area contributed by atoms with Gasteiger partial charge in [0.15, 0.2) is 0 Å². The van der Waals surface area contributed by atoms with Crippen LogP contribution in [0.4, 0.5) is 0 Å². The average Bonchev–Trinajstić information content (AvgIpc) is 2.83. The fourth-order valence-corrected chi connectivity index (χ4v) is 8.43. The smallest absolute Gasteiger partial charge is 0.214 e. The number of carbonyl (C=O) groups excluding carboxylic acids is 1. The van der Waals surface area contributed by atoms with E-state index >= 15 is 0 Å². The molecule has 194 valence electrons. The van der Waals surface area contributed by atoms with Crippen LogP contribution < -0.4 is 0 Å². The van der Waals surface area contributed by atoms with Gasteiger partial charge in [0.25, 0.3) is 0 Å². The van der Waals surface area contributed by atoms with E-state index < -0.39 is 33.1 Å². The molecule has 1 aliphatic carbocycles. The maximum absolute atomic E-state index is 13.2. The van der Waals surface area contributed by atoms with Gasteiger partial charge in [0.1, 0.15) is 5.78 Å². The first-order valence-corrected chi connectivity index (χ1v) is 14.5. The Labute approximate surface area is 213 Å². The molecule has 8 heteroatoms. The van der Waals surface area contributed by atoms with Gasteiger partial charge in [-0.05, 0) is 30.4 Å². The first kappa shape index (κ1) is 25.5. The minimum Gasteiger partial charge on any atom is -0.392 e. The summed E-state index contributed by atoms with van der Waals surface area (Å²) in [6, 6.07) is 19.9. The summed E-state index contributed by atoms with van der Waals surface area (Å²) in [5.41, 5.74) is 0.265. The number of nitrogens with zero attached hydrogens (tertiary/aromatic N) is 2. The molecular formula is C28H36N2O5S. The lowest BCUT2D eigenvalue weighted by Crippen LogP contribution is -2.71. The Morgan fingerprint density at radius 2 is 1.61 bits per heavy atom. The molecule has 1 saturated carbocycles. The molecule has 7 nitrogen and oxygen atoms in total. The van der Waals surface area contributed by atoms with Crippen LogP contribution in [0.15, 0.2) is 60.7 Å². The van der Waals surface area contributed by atoms with Crippen molar-refractivity contribution in [2.45, 2.75) is 50.9 Å². The van der Waals surface area contributed by atoms with Crippen molar-refractivity contribution in [3.05, 3.63) is 71.8 Å². The molecule has 36 heavy (non-hydrogen) atoms. The number of sulfonamides is 1. The summed E-state index contributed by atoms with van der Waals surface area (Å²) in [4.78, 5) is 15.5. The van der Waals surface area contributed by atoms with Crippen LogP contribution >= 0.6 is 0 Å². The highest BCUT2D eigenvalue weighted by molar-refractivity contribution is 7.89. The second-order valence-electron chi connectivity index (χ2n) is 11.1. The van der Waals surface area contributed by atoms with Gasteiger partial charge in [0.2, 0.25) is 10.0 Å². The number of Topliss-reactive ketones (excluding diaryl/α,β-unsaturated/α-hetero) is 1. The van der Waals surface area contributed by atoms with E-state index in [1.807, 2.05) is 48.5 Å². The van der Waals surface area contributed by atoms with Crippen LogP contribution in [-0.2, 0) is 27.8 Å². The van der Waals surface area contributed by atoms with Crippen LogP contribution in [0.25, 0.3) is 0 Å². The summed E-state index contributed by atoms with van der Waals surface area (Å²) in [6.45, 7) is 1.77. The highest BCUT2D eigenvalue weighted by Gasteiger charge is 2.62. The zero-order chi connectivity index (χ0) is 25.4. The molecule has 0 spiro atoms.